The molecule has 1 aromatic heterocycles. The summed E-state index contributed by atoms with van der Waals surface area (Å²) < 4.78 is 26.3. The van der Waals surface area contributed by atoms with Gasteiger partial charge < -0.3 is 5.32 Å². The average molecular weight is 331 g/mol. The summed E-state index contributed by atoms with van der Waals surface area (Å²) in [6, 6.07) is 0. The summed E-state index contributed by atoms with van der Waals surface area (Å²) in [4.78, 5) is 6.22. The zero-order valence-corrected chi connectivity index (χ0v) is 13.1. The Kier molecular flexibility index (Phi) is 9.29. The van der Waals surface area contributed by atoms with Crippen molar-refractivity contribution in [1.82, 2.24) is 19.8 Å². The smallest absolute Gasteiger partial charge is 0.319 e. The number of imidazole rings is 1. The number of aromatic nitrogens is 2. The summed E-state index contributed by atoms with van der Waals surface area (Å²) in [5.41, 5.74) is 0. The highest BCUT2D eigenvalue weighted by Crippen LogP contribution is 2.19. The van der Waals surface area contributed by atoms with Crippen LogP contribution in [0.2, 0.25) is 0 Å². The highest BCUT2D eigenvalue weighted by Gasteiger charge is 2.21. The summed E-state index contributed by atoms with van der Waals surface area (Å²) >= 11 is 0. The van der Waals surface area contributed by atoms with E-state index in [9.17, 15) is 8.78 Å². The van der Waals surface area contributed by atoms with E-state index in [0.29, 0.717) is 18.3 Å². The number of likely N-dealkylation sites (tertiary alicyclic amines) is 1. The van der Waals surface area contributed by atoms with Gasteiger partial charge in [0.1, 0.15) is 5.82 Å². The van der Waals surface area contributed by atoms with Crippen LogP contribution in [-0.2, 0) is 6.54 Å². The summed E-state index contributed by atoms with van der Waals surface area (Å²) in [5, 5.41) is 3.19. The van der Waals surface area contributed by atoms with Gasteiger partial charge in [0.05, 0.1) is 6.54 Å². The van der Waals surface area contributed by atoms with Crippen molar-refractivity contribution in [3.05, 3.63) is 18.2 Å². The van der Waals surface area contributed by atoms with E-state index >= 15 is 0 Å². The van der Waals surface area contributed by atoms with Gasteiger partial charge in [0.2, 0.25) is 0 Å². The Morgan fingerprint density at radius 1 is 1.35 bits per heavy atom. The molecule has 118 valence electrons. The lowest BCUT2D eigenvalue weighted by Crippen LogP contribution is -2.36. The normalized spacial score (nSPS) is 16.8. The molecule has 1 aromatic rings. The summed E-state index contributed by atoms with van der Waals surface area (Å²) in [5.74, 6) is 1.16. The Morgan fingerprint density at radius 3 is 2.55 bits per heavy atom. The molecule has 1 saturated heterocycles. The van der Waals surface area contributed by atoms with Gasteiger partial charge in [-0.2, -0.15) is 8.78 Å². The van der Waals surface area contributed by atoms with Crippen LogP contribution in [0, 0.1) is 5.92 Å². The molecular formula is C12H22Cl2F2N4. The maximum absolute atomic E-state index is 12.7. The molecule has 0 radical (unpaired) electrons. The van der Waals surface area contributed by atoms with E-state index in [-0.39, 0.29) is 24.8 Å². The van der Waals surface area contributed by atoms with Crippen LogP contribution in [0.15, 0.2) is 12.4 Å². The number of hydrogen-bond acceptors (Lipinski definition) is 3. The van der Waals surface area contributed by atoms with Crippen molar-refractivity contribution in [2.75, 3.05) is 26.7 Å². The molecule has 20 heavy (non-hydrogen) atoms. The number of alkyl halides is 2. The molecule has 2 heterocycles. The van der Waals surface area contributed by atoms with E-state index in [0.717, 1.165) is 37.0 Å². The van der Waals surface area contributed by atoms with Crippen molar-refractivity contribution in [2.45, 2.75) is 25.9 Å². The second-order valence-corrected chi connectivity index (χ2v) is 4.81. The minimum atomic E-state index is -2.50. The largest absolute Gasteiger partial charge is 0.319 e. The molecule has 0 unspecified atom stereocenters. The molecule has 0 saturated carbocycles. The van der Waals surface area contributed by atoms with Gasteiger partial charge in [-0.25, -0.2) is 4.98 Å². The molecule has 0 amide bonds. The van der Waals surface area contributed by atoms with Crippen LogP contribution in [0.1, 0.15) is 25.2 Å². The third kappa shape index (κ3) is 5.16. The number of hydrogen-bond donors (Lipinski definition) is 1. The first-order valence-corrected chi connectivity index (χ1v) is 6.37. The van der Waals surface area contributed by atoms with E-state index < -0.39 is 6.55 Å². The van der Waals surface area contributed by atoms with E-state index in [1.54, 1.807) is 0 Å². The third-order valence-corrected chi connectivity index (χ3v) is 3.52. The number of rotatable bonds is 5. The minimum absolute atomic E-state index is 0. The highest BCUT2D eigenvalue weighted by molar-refractivity contribution is 5.85. The van der Waals surface area contributed by atoms with Crippen molar-refractivity contribution in [3.63, 3.8) is 0 Å². The summed E-state index contributed by atoms with van der Waals surface area (Å²) in [6.45, 7) is 0.984. The van der Waals surface area contributed by atoms with Gasteiger partial charge in [0.15, 0.2) is 0 Å². The van der Waals surface area contributed by atoms with E-state index in [2.05, 4.69) is 15.2 Å². The molecule has 1 aliphatic rings. The quantitative estimate of drug-likeness (QED) is 0.900. The molecule has 1 N–H and O–H groups in total. The molecule has 0 aliphatic carbocycles. The van der Waals surface area contributed by atoms with Crippen molar-refractivity contribution in [2.24, 2.45) is 5.92 Å². The monoisotopic (exact) mass is 330 g/mol. The topological polar surface area (TPSA) is 33.1 Å². The van der Waals surface area contributed by atoms with E-state index in [4.69, 9.17) is 0 Å². The fourth-order valence-corrected chi connectivity index (χ4v) is 2.48. The van der Waals surface area contributed by atoms with E-state index in [1.165, 1.54) is 12.4 Å². The molecule has 0 atom stereocenters. The molecule has 1 aliphatic heterocycles. The standard InChI is InChI=1S/C12H20F2N4.2ClH/c1-15-8-10-2-5-17(6-3-10)9-11-16-4-7-18(11)12(13)14;;/h4,7,10,12,15H,2-3,5-6,8-9H2,1H3;2*1H. The Morgan fingerprint density at radius 2 is 2.00 bits per heavy atom. The second-order valence-electron chi connectivity index (χ2n) is 4.81. The van der Waals surface area contributed by atoms with Gasteiger partial charge >= 0.3 is 6.55 Å². The molecule has 0 spiro atoms. The maximum atomic E-state index is 12.7. The number of nitrogens with zero attached hydrogens (tertiary/aromatic N) is 3. The van der Waals surface area contributed by atoms with Crippen LogP contribution in [-0.4, -0.2) is 41.1 Å². The van der Waals surface area contributed by atoms with Crippen LogP contribution >= 0.6 is 24.8 Å². The zero-order valence-electron chi connectivity index (χ0n) is 11.5. The van der Waals surface area contributed by atoms with E-state index in [1.807, 2.05) is 7.05 Å². The summed E-state index contributed by atoms with van der Waals surface area (Å²) in [7, 11) is 1.96. The SMILES string of the molecule is CNCC1CCN(Cc2nccn2C(F)F)CC1.Cl.Cl. The van der Waals surface area contributed by atoms with Crippen LogP contribution in [0.4, 0.5) is 8.78 Å². The molecule has 4 nitrogen and oxygen atoms in total. The number of nitrogens with one attached hydrogen (secondary N) is 1. The zero-order chi connectivity index (χ0) is 13.0. The first-order chi connectivity index (χ1) is 8.70. The first kappa shape index (κ1) is 19.6. The van der Waals surface area contributed by atoms with Crippen LogP contribution in [0.25, 0.3) is 0 Å². The van der Waals surface area contributed by atoms with Gasteiger partial charge in [-0.15, -0.1) is 24.8 Å². The van der Waals surface area contributed by atoms with Gasteiger partial charge in [-0.3, -0.25) is 9.47 Å². The third-order valence-electron chi connectivity index (χ3n) is 3.52. The lowest BCUT2D eigenvalue weighted by molar-refractivity contribution is 0.0623. The number of halogens is 4. The average Bonchev–Trinajstić information content (AvgIpc) is 2.80. The first-order valence-electron chi connectivity index (χ1n) is 6.37. The highest BCUT2D eigenvalue weighted by atomic mass is 35.5. The number of piperidine rings is 1. The lowest BCUT2D eigenvalue weighted by atomic mass is 9.97. The second kappa shape index (κ2) is 9.50. The van der Waals surface area contributed by atoms with Gasteiger partial charge in [-0.05, 0) is 45.4 Å². The summed E-state index contributed by atoms with van der Waals surface area (Å²) in [6.07, 6.45) is 5.02. The molecule has 8 heteroatoms. The van der Waals surface area contributed by atoms with Crippen molar-refractivity contribution in [1.29, 1.82) is 0 Å². The van der Waals surface area contributed by atoms with Crippen LogP contribution in [0.5, 0.6) is 0 Å². The van der Waals surface area contributed by atoms with Crippen LogP contribution in [0.3, 0.4) is 0 Å². The minimum Gasteiger partial charge on any atom is -0.319 e. The lowest BCUT2D eigenvalue weighted by Gasteiger charge is -2.31. The molecule has 0 bridgehead atoms. The Balaban J connectivity index is 0.00000180. The molecule has 0 aromatic carbocycles. The Bertz CT molecular complexity index is 368. The fourth-order valence-electron chi connectivity index (χ4n) is 2.48. The molecule has 2 rings (SSSR count). The maximum Gasteiger partial charge on any atom is 0.319 e. The van der Waals surface area contributed by atoms with Crippen LogP contribution < -0.4 is 5.32 Å². The molecular weight excluding hydrogens is 309 g/mol. The molecule has 1 fully saturated rings. The predicted octanol–water partition coefficient (Wildman–Crippen LogP) is 2.55. The van der Waals surface area contributed by atoms with Gasteiger partial charge in [0, 0.05) is 12.4 Å². The van der Waals surface area contributed by atoms with Gasteiger partial charge in [0.25, 0.3) is 0 Å². The Hall–Kier alpha value is -0.430. The van der Waals surface area contributed by atoms with Crippen molar-refractivity contribution in [3.8, 4) is 0 Å². The fraction of sp³-hybridized carbons (Fsp3) is 0.750. The van der Waals surface area contributed by atoms with Crippen molar-refractivity contribution >= 4 is 24.8 Å². The predicted molar refractivity (Wildman–Crippen MR) is 79.9 cm³/mol. The Labute approximate surface area is 130 Å². The van der Waals surface area contributed by atoms with Gasteiger partial charge in [-0.1, -0.05) is 0 Å². The van der Waals surface area contributed by atoms with Crippen molar-refractivity contribution < 1.29 is 8.78 Å².